The van der Waals surface area contributed by atoms with Crippen LogP contribution in [0.4, 0.5) is 11.8 Å². The minimum absolute atomic E-state index is 0.285. The van der Waals surface area contributed by atoms with Gasteiger partial charge in [-0.15, -0.1) is 0 Å². The Morgan fingerprint density at radius 3 is 2.13 bits per heavy atom. The zero-order valence-corrected chi connectivity index (χ0v) is 13.0. The van der Waals surface area contributed by atoms with E-state index in [4.69, 9.17) is 25.7 Å². The van der Waals surface area contributed by atoms with Gasteiger partial charge in [-0.1, -0.05) is 0 Å². The fourth-order valence-corrected chi connectivity index (χ4v) is 2.44. The molecule has 1 aromatic carbocycles. The monoisotopic (exact) mass is 315 g/mol. The summed E-state index contributed by atoms with van der Waals surface area (Å²) in [6, 6.07) is 6.98. The molecule has 0 saturated heterocycles. The molecule has 120 valence electrons. The van der Waals surface area contributed by atoms with E-state index in [-0.39, 0.29) is 5.95 Å². The van der Waals surface area contributed by atoms with Crippen molar-refractivity contribution in [1.82, 2.24) is 14.5 Å². The number of fused-ring (bicyclic) bond motifs is 1. The molecule has 8 nitrogen and oxygen atoms in total. The molecule has 2 heterocycles. The highest BCUT2D eigenvalue weighted by Gasteiger charge is 2.18. The first kappa shape index (κ1) is 14.8. The van der Waals surface area contributed by atoms with Gasteiger partial charge in [-0.25, -0.2) is 9.97 Å². The predicted octanol–water partition coefficient (Wildman–Crippen LogP) is 1.61. The fraction of sp³-hybridized carbons (Fsp3) is 0.200. The van der Waals surface area contributed by atoms with Crippen molar-refractivity contribution in [2.45, 2.75) is 0 Å². The van der Waals surface area contributed by atoms with Crippen LogP contribution >= 0.6 is 0 Å². The minimum atomic E-state index is 0.285. The number of benzene rings is 1. The van der Waals surface area contributed by atoms with Crippen molar-refractivity contribution in [3.63, 3.8) is 0 Å². The number of rotatable bonds is 4. The van der Waals surface area contributed by atoms with Gasteiger partial charge in [0.25, 0.3) is 0 Å². The molecular weight excluding hydrogens is 298 g/mol. The van der Waals surface area contributed by atoms with E-state index in [1.807, 2.05) is 0 Å². The molecular formula is C15H17N5O3. The van der Waals surface area contributed by atoms with Crippen molar-refractivity contribution < 1.29 is 14.2 Å². The van der Waals surface area contributed by atoms with Crippen LogP contribution in [-0.4, -0.2) is 35.9 Å². The topological polar surface area (TPSA) is 110 Å². The van der Waals surface area contributed by atoms with Crippen LogP contribution in [0.1, 0.15) is 0 Å². The number of hydrogen-bond acceptors (Lipinski definition) is 7. The first-order valence-electron chi connectivity index (χ1n) is 6.80. The summed E-state index contributed by atoms with van der Waals surface area (Å²) in [6.45, 7) is 0. The number of nitrogens with zero attached hydrogens (tertiary/aromatic N) is 3. The van der Waals surface area contributed by atoms with E-state index >= 15 is 0 Å². The standard InChI is InChI=1S/C15H17N5O3/c1-21-10-6-8(7-11(22-2)13(10)23-3)20-14-9(18-15(20)17)4-5-12(16)19-14/h4-7H,1-3H3,(H2,16,19)(H2,17,18). The molecule has 3 rings (SSSR count). The highest BCUT2D eigenvalue weighted by molar-refractivity contribution is 5.79. The number of ether oxygens (including phenoxy) is 3. The van der Waals surface area contributed by atoms with E-state index in [0.717, 1.165) is 0 Å². The lowest BCUT2D eigenvalue weighted by molar-refractivity contribution is 0.324. The summed E-state index contributed by atoms with van der Waals surface area (Å²) in [5.41, 5.74) is 13.7. The first-order valence-corrected chi connectivity index (χ1v) is 6.80. The summed E-state index contributed by atoms with van der Waals surface area (Å²) in [5, 5.41) is 0. The molecule has 8 heteroatoms. The van der Waals surface area contributed by atoms with Crippen LogP contribution in [-0.2, 0) is 0 Å². The molecule has 23 heavy (non-hydrogen) atoms. The summed E-state index contributed by atoms with van der Waals surface area (Å²) < 4.78 is 17.7. The van der Waals surface area contributed by atoms with Gasteiger partial charge in [-0.05, 0) is 12.1 Å². The highest BCUT2D eigenvalue weighted by atomic mass is 16.5. The van der Waals surface area contributed by atoms with Crippen LogP contribution in [0.15, 0.2) is 24.3 Å². The molecule has 2 aromatic heterocycles. The third-order valence-electron chi connectivity index (χ3n) is 3.46. The largest absolute Gasteiger partial charge is 0.493 e. The van der Waals surface area contributed by atoms with Crippen LogP contribution in [0.25, 0.3) is 16.9 Å². The van der Waals surface area contributed by atoms with E-state index < -0.39 is 0 Å². The van der Waals surface area contributed by atoms with Crippen LogP contribution < -0.4 is 25.7 Å². The van der Waals surface area contributed by atoms with E-state index in [9.17, 15) is 0 Å². The van der Waals surface area contributed by atoms with E-state index in [1.54, 1.807) is 50.2 Å². The van der Waals surface area contributed by atoms with E-state index in [2.05, 4.69) is 9.97 Å². The zero-order valence-electron chi connectivity index (χ0n) is 13.0. The molecule has 0 aliphatic heterocycles. The van der Waals surface area contributed by atoms with Crippen molar-refractivity contribution in [2.24, 2.45) is 0 Å². The summed E-state index contributed by atoms with van der Waals surface area (Å²) in [5.74, 6) is 2.17. The summed E-state index contributed by atoms with van der Waals surface area (Å²) >= 11 is 0. The van der Waals surface area contributed by atoms with Gasteiger partial charge in [0, 0.05) is 12.1 Å². The van der Waals surface area contributed by atoms with Gasteiger partial charge >= 0.3 is 0 Å². The van der Waals surface area contributed by atoms with Gasteiger partial charge in [-0.2, -0.15) is 0 Å². The Hall–Kier alpha value is -3.16. The maximum Gasteiger partial charge on any atom is 0.207 e. The summed E-state index contributed by atoms with van der Waals surface area (Å²) in [4.78, 5) is 8.61. The SMILES string of the molecule is COc1cc(-n2c(N)nc3ccc(N)nc32)cc(OC)c1OC. The number of hydrogen-bond donors (Lipinski definition) is 2. The number of nitrogen functional groups attached to an aromatic ring is 2. The van der Waals surface area contributed by atoms with Crippen LogP contribution in [0, 0.1) is 0 Å². The molecule has 0 aliphatic carbocycles. The normalized spacial score (nSPS) is 10.7. The lowest BCUT2D eigenvalue weighted by Gasteiger charge is -2.15. The number of methoxy groups -OCH3 is 3. The van der Waals surface area contributed by atoms with Gasteiger partial charge in [0.05, 0.1) is 27.0 Å². The van der Waals surface area contributed by atoms with Gasteiger partial charge in [0.15, 0.2) is 17.1 Å². The Labute approximate surface area is 132 Å². The Kier molecular flexibility index (Phi) is 3.57. The van der Waals surface area contributed by atoms with Crippen molar-refractivity contribution in [2.75, 3.05) is 32.8 Å². The Morgan fingerprint density at radius 2 is 1.57 bits per heavy atom. The van der Waals surface area contributed by atoms with Crippen molar-refractivity contribution in [1.29, 1.82) is 0 Å². The third-order valence-corrected chi connectivity index (χ3v) is 3.46. The van der Waals surface area contributed by atoms with Gasteiger partial charge in [-0.3, -0.25) is 4.57 Å². The number of imidazole rings is 1. The molecule has 0 bridgehead atoms. The predicted molar refractivity (Wildman–Crippen MR) is 87.3 cm³/mol. The van der Waals surface area contributed by atoms with Crippen molar-refractivity contribution in [3.8, 4) is 22.9 Å². The minimum Gasteiger partial charge on any atom is -0.493 e. The number of aromatic nitrogens is 3. The first-order chi connectivity index (χ1) is 11.1. The maximum atomic E-state index is 6.05. The Balaban J connectivity index is 2.30. The molecule has 4 N–H and O–H groups in total. The molecule has 0 spiro atoms. The third kappa shape index (κ3) is 2.33. The fourth-order valence-electron chi connectivity index (χ4n) is 2.44. The van der Waals surface area contributed by atoms with Crippen LogP contribution in [0.3, 0.4) is 0 Å². The number of anilines is 2. The second kappa shape index (κ2) is 5.56. The maximum absolute atomic E-state index is 6.05. The second-order valence-electron chi connectivity index (χ2n) is 4.77. The molecule has 0 radical (unpaired) electrons. The average Bonchev–Trinajstić information content (AvgIpc) is 2.88. The molecule has 0 unspecified atom stereocenters. The molecule has 0 atom stereocenters. The van der Waals surface area contributed by atoms with Crippen molar-refractivity contribution >= 4 is 22.9 Å². The smallest absolute Gasteiger partial charge is 0.207 e. The molecule has 3 aromatic rings. The highest BCUT2D eigenvalue weighted by Crippen LogP contribution is 2.40. The van der Waals surface area contributed by atoms with Crippen molar-refractivity contribution in [3.05, 3.63) is 24.3 Å². The number of nitrogens with two attached hydrogens (primary N) is 2. The molecule has 0 aliphatic rings. The van der Waals surface area contributed by atoms with Gasteiger partial charge in [0.2, 0.25) is 11.7 Å². The number of pyridine rings is 1. The van der Waals surface area contributed by atoms with Crippen LogP contribution in [0.5, 0.6) is 17.2 Å². The van der Waals surface area contributed by atoms with Gasteiger partial charge < -0.3 is 25.7 Å². The lowest BCUT2D eigenvalue weighted by atomic mass is 10.2. The average molecular weight is 315 g/mol. The lowest BCUT2D eigenvalue weighted by Crippen LogP contribution is -2.04. The molecule has 0 fully saturated rings. The second-order valence-corrected chi connectivity index (χ2v) is 4.77. The molecule has 0 amide bonds. The van der Waals surface area contributed by atoms with E-state index in [1.165, 1.54) is 0 Å². The molecule has 0 saturated carbocycles. The summed E-state index contributed by atoms with van der Waals surface area (Å²) in [6.07, 6.45) is 0. The zero-order chi connectivity index (χ0) is 16.6. The van der Waals surface area contributed by atoms with Crippen LogP contribution in [0.2, 0.25) is 0 Å². The Morgan fingerprint density at radius 1 is 0.913 bits per heavy atom. The quantitative estimate of drug-likeness (QED) is 0.752. The van der Waals surface area contributed by atoms with Gasteiger partial charge in [0.1, 0.15) is 11.3 Å². The summed E-state index contributed by atoms with van der Waals surface area (Å²) in [7, 11) is 4.64. The van der Waals surface area contributed by atoms with E-state index in [0.29, 0.717) is 39.9 Å². The Bertz CT molecular complexity index is 850.